The van der Waals surface area contributed by atoms with Gasteiger partial charge in [-0.1, -0.05) is 30.3 Å². The summed E-state index contributed by atoms with van der Waals surface area (Å²) in [4.78, 5) is 0. The van der Waals surface area contributed by atoms with E-state index >= 15 is 0 Å². The molecular formula is C14H14F2N2. The van der Waals surface area contributed by atoms with Gasteiger partial charge in [0.05, 0.1) is 6.04 Å². The van der Waals surface area contributed by atoms with Gasteiger partial charge in [-0.05, 0) is 28.8 Å². The van der Waals surface area contributed by atoms with Crippen LogP contribution in [0.4, 0.5) is 8.78 Å². The highest BCUT2D eigenvalue weighted by Crippen LogP contribution is 2.21. The predicted molar refractivity (Wildman–Crippen MR) is 66.7 cm³/mol. The predicted octanol–water partition coefficient (Wildman–Crippen LogP) is 2.47. The molecule has 4 heteroatoms. The second-order valence-electron chi connectivity index (χ2n) is 4.10. The van der Waals surface area contributed by atoms with E-state index in [1.807, 2.05) is 24.3 Å². The van der Waals surface area contributed by atoms with Gasteiger partial charge in [0.2, 0.25) is 0 Å². The lowest BCUT2D eigenvalue weighted by molar-refractivity contribution is 0.506. The van der Waals surface area contributed by atoms with E-state index in [-0.39, 0.29) is 0 Å². The molecule has 4 N–H and O–H groups in total. The molecule has 0 aliphatic heterocycles. The molecule has 0 saturated heterocycles. The maximum Gasteiger partial charge on any atom is 0.159 e. The minimum atomic E-state index is -0.887. The van der Waals surface area contributed by atoms with Crippen LogP contribution in [0.1, 0.15) is 22.7 Å². The first kappa shape index (κ1) is 12.7. The third kappa shape index (κ3) is 2.55. The molecule has 0 bridgehead atoms. The van der Waals surface area contributed by atoms with E-state index < -0.39 is 17.7 Å². The number of nitrogens with two attached hydrogens (primary N) is 2. The van der Waals surface area contributed by atoms with Gasteiger partial charge in [-0.25, -0.2) is 8.78 Å². The van der Waals surface area contributed by atoms with Crippen molar-refractivity contribution in [1.29, 1.82) is 0 Å². The molecular weight excluding hydrogens is 234 g/mol. The molecule has 94 valence electrons. The Kier molecular flexibility index (Phi) is 3.69. The van der Waals surface area contributed by atoms with Crippen molar-refractivity contribution >= 4 is 0 Å². The van der Waals surface area contributed by atoms with Crippen LogP contribution >= 0.6 is 0 Å². The Morgan fingerprint density at radius 1 is 0.889 bits per heavy atom. The lowest BCUT2D eigenvalue weighted by Crippen LogP contribution is -2.12. The summed E-state index contributed by atoms with van der Waals surface area (Å²) in [7, 11) is 0. The Morgan fingerprint density at radius 3 is 2.06 bits per heavy atom. The van der Waals surface area contributed by atoms with E-state index in [0.29, 0.717) is 12.1 Å². The zero-order valence-electron chi connectivity index (χ0n) is 9.74. The van der Waals surface area contributed by atoms with Crippen molar-refractivity contribution in [2.45, 2.75) is 12.6 Å². The molecule has 0 saturated carbocycles. The zero-order chi connectivity index (χ0) is 13.1. The van der Waals surface area contributed by atoms with Crippen molar-refractivity contribution in [2.24, 2.45) is 11.5 Å². The number of benzene rings is 2. The molecule has 0 aliphatic rings. The number of halogens is 2. The monoisotopic (exact) mass is 248 g/mol. The summed E-state index contributed by atoms with van der Waals surface area (Å²) in [5.41, 5.74) is 13.9. The van der Waals surface area contributed by atoms with Gasteiger partial charge >= 0.3 is 0 Å². The normalized spacial score (nSPS) is 12.4. The molecule has 0 radical (unpaired) electrons. The molecule has 1 unspecified atom stereocenters. The van der Waals surface area contributed by atoms with Crippen LogP contribution in [0, 0.1) is 11.6 Å². The molecule has 2 nitrogen and oxygen atoms in total. The maximum absolute atomic E-state index is 13.1. The minimum absolute atomic E-state index is 0.459. The van der Waals surface area contributed by atoms with Crippen LogP contribution in [0.5, 0.6) is 0 Å². The van der Waals surface area contributed by atoms with Crippen molar-refractivity contribution < 1.29 is 8.78 Å². The third-order valence-corrected chi connectivity index (χ3v) is 2.88. The zero-order valence-corrected chi connectivity index (χ0v) is 9.74. The Hall–Kier alpha value is -1.78. The van der Waals surface area contributed by atoms with E-state index in [4.69, 9.17) is 11.5 Å². The summed E-state index contributed by atoms with van der Waals surface area (Å²) in [6.45, 7) is 0.459. The van der Waals surface area contributed by atoms with Crippen LogP contribution in [0.15, 0.2) is 42.5 Å². The van der Waals surface area contributed by atoms with E-state index in [1.165, 1.54) is 6.07 Å². The lowest BCUT2D eigenvalue weighted by atomic mass is 9.98. The van der Waals surface area contributed by atoms with Crippen LogP contribution in [-0.2, 0) is 6.54 Å². The van der Waals surface area contributed by atoms with E-state index in [1.54, 1.807) is 0 Å². The van der Waals surface area contributed by atoms with Crippen molar-refractivity contribution in [3.63, 3.8) is 0 Å². The van der Waals surface area contributed by atoms with Crippen LogP contribution in [0.3, 0.4) is 0 Å². The van der Waals surface area contributed by atoms with Crippen LogP contribution < -0.4 is 11.5 Å². The standard InChI is InChI=1S/C14H14F2N2/c15-12-6-5-11(7-13(12)16)14(18)10-3-1-9(8-17)2-4-10/h1-7,14H,8,17-18H2. The highest BCUT2D eigenvalue weighted by molar-refractivity contribution is 5.33. The van der Waals surface area contributed by atoms with Gasteiger partial charge in [0.15, 0.2) is 11.6 Å². The summed E-state index contributed by atoms with van der Waals surface area (Å²) in [6, 6.07) is 10.6. The smallest absolute Gasteiger partial charge is 0.159 e. The minimum Gasteiger partial charge on any atom is -0.326 e. The largest absolute Gasteiger partial charge is 0.326 e. The van der Waals surface area contributed by atoms with Crippen LogP contribution in [0.25, 0.3) is 0 Å². The lowest BCUT2D eigenvalue weighted by Gasteiger charge is -2.13. The van der Waals surface area contributed by atoms with Crippen molar-refractivity contribution in [3.05, 3.63) is 70.8 Å². The number of rotatable bonds is 3. The third-order valence-electron chi connectivity index (χ3n) is 2.88. The molecule has 18 heavy (non-hydrogen) atoms. The highest BCUT2D eigenvalue weighted by atomic mass is 19.2. The van der Waals surface area contributed by atoms with Crippen molar-refractivity contribution in [2.75, 3.05) is 0 Å². The molecule has 0 aromatic heterocycles. The Balaban J connectivity index is 2.28. The van der Waals surface area contributed by atoms with Gasteiger partial charge in [0.25, 0.3) is 0 Å². The first-order chi connectivity index (χ1) is 8.61. The molecule has 0 fully saturated rings. The second-order valence-corrected chi connectivity index (χ2v) is 4.10. The summed E-state index contributed by atoms with van der Waals surface area (Å²) < 4.78 is 26.0. The van der Waals surface area contributed by atoms with Gasteiger partial charge in [0, 0.05) is 6.54 Å². The highest BCUT2D eigenvalue weighted by Gasteiger charge is 2.11. The maximum atomic E-state index is 13.1. The molecule has 0 spiro atoms. The van der Waals surface area contributed by atoms with Gasteiger partial charge in [-0.3, -0.25) is 0 Å². The van der Waals surface area contributed by atoms with Crippen molar-refractivity contribution in [3.8, 4) is 0 Å². The van der Waals surface area contributed by atoms with E-state index in [2.05, 4.69) is 0 Å². The fourth-order valence-corrected chi connectivity index (χ4v) is 1.76. The van der Waals surface area contributed by atoms with Gasteiger partial charge < -0.3 is 11.5 Å². The Labute approximate surface area is 104 Å². The molecule has 2 aromatic carbocycles. The van der Waals surface area contributed by atoms with E-state index in [0.717, 1.165) is 23.3 Å². The fraction of sp³-hybridized carbons (Fsp3) is 0.143. The average molecular weight is 248 g/mol. The molecule has 0 aliphatic carbocycles. The quantitative estimate of drug-likeness (QED) is 0.876. The van der Waals surface area contributed by atoms with Crippen LogP contribution in [0.2, 0.25) is 0 Å². The molecule has 0 amide bonds. The second kappa shape index (κ2) is 5.25. The number of hydrogen-bond donors (Lipinski definition) is 2. The van der Waals surface area contributed by atoms with Gasteiger partial charge in [-0.15, -0.1) is 0 Å². The SMILES string of the molecule is NCc1ccc(C(N)c2ccc(F)c(F)c2)cc1. The number of hydrogen-bond acceptors (Lipinski definition) is 2. The summed E-state index contributed by atoms with van der Waals surface area (Å²) in [5, 5.41) is 0. The fourth-order valence-electron chi connectivity index (χ4n) is 1.76. The molecule has 1 atom stereocenters. The average Bonchev–Trinajstić information content (AvgIpc) is 2.41. The summed E-state index contributed by atoms with van der Waals surface area (Å²) in [6.07, 6.45) is 0. The molecule has 0 heterocycles. The van der Waals surface area contributed by atoms with Gasteiger partial charge in [-0.2, -0.15) is 0 Å². The van der Waals surface area contributed by atoms with Crippen LogP contribution in [-0.4, -0.2) is 0 Å². The molecule has 2 aromatic rings. The first-order valence-electron chi connectivity index (χ1n) is 5.61. The Morgan fingerprint density at radius 2 is 1.50 bits per heavy atom. The van der Waals surface area contributed by atoms with Crippen molar-refractivity contribution in [1.82, 2.24) is 0 Å². The molecule has 2 rings (SSSR count). The first-order valence-corrected chi connectivity index (χ1v) is 5.61. The topological polar surface area (TPSA) is 52.0 Å². The van der Waals surface area contributed by atoms with Gasteiger partial charge in [0.1, 0.15) is 0 Å². The van der Waals surface area contributed by atoms with E-state index in [9.17, 15) is 8.78 Å². The summed E-state index contributed by atoms with van der Waals surface area (Å²) >= 11 is 0. The summed E-state index contributed by atoms with van der Waals surface area (Å²) in [5.74, 6) is -1.76. The Bertz CT molecular complexity index is 538.